The van der Waals surface area contributed by atoms with E-state index in [4.69, 9.17) is 21.6 Å². The zero-order chi connectivity index (χ0) is 9.84. The van der Waals surface area contributed by atoms with Crippen molar-refractivity contribution in [3.8, 4) is 11.8 Å². The van der Waals surface area contributed by atoms with E-state index in [1.807, 2.05) is 12.1 Å². The molecule has 0 aliphatic carbocycles. The van der Waals surface area contributed by atoms with E-state index in [1.54, 1.807) is 13.2 Å². The minimum atomic E-state index is 0.294. The molecule has 1 rings (SSSR count). The Bertz CT molecular complexity index is 359. The third-order valence-corrected chi connectivity index (χ3v) is 2.64. The molecule has 68 valence electrons. The lowest BCUT2D eigenvalue weighted by Crippen LogP contribution is -1.90. The fourth-order valence-corrected chi connectivity index (χ4v) is 1.90. The minimum Gasteiger partial charge on any atom is -0.494 e. The summed E-state index contributed by atoms with van der Waals surface area (Å²) in [5, 5.41) is 9.01. The average molecular weight is 261 g/mol. The molecule has 0 aliphatic heterocycles. The molecule has 0 unspecified atom stereocenters. The van der Waals surface area contributed by atoms with Gasteiger partial charge in [-0.15, -0.1) is 0 Å². The van der Waals surface area contributed by atoms with Crippen LogP contribution in [-0.2, 0) is 6.42 Å². The third kappa shape index (κ3) is 2.15. The molecule has 0 heterocycles. The van der Waals surface area contributed by atoms with Gasteiger partial charge >= 0.3 is 0 Å². The summed E-state index contributed by atoms with van der Waals surface area (Å²) < 4.78 is 5.87. The molecule has 0 amide bonds. The van der Waals surface area contributed by atoms with Gasteiger partial charge < -0.3 is 4.74 Å². The molecular weight excluding hydrogens is 253 g/mol. The first kappa shape index (κ1) is 10.4. The maximum Gasteiger partial charge on any atom is 0.151 e. The van der Waals surface area contributed by atoms with Crippen molar-refractivity contribution < 1.29 is 4.74 Å². The monoisotopic (exact) mass is 259 g/mol. The van der Waals surface area contributed by atoms with Crippen molar-refractivity contribution in [1.29, 1.82) is 5.26 Å². The second-order valence-electron chi connectivity index (χ2n) is 2.39. The van der Waals surface area contributed by atoms with Gasteiger partial charge in [-0.1, -0.05) is 17.7 Å². The van der Waals surface area contributed by atoms with E-state index in [1.165, 1.54) is 0 Å². The molecule has 0 fully saturated rings. The lowest BCUT2D eigenvalue weighted by atomic mass is 10.1. The predicted octanol–water partition coefficient (Wildman–Crippen LogP) is 3.18. The minimum absolute atomic E-state index is 0.294. The molecule has 0 bridgehead atoms. The summed E-state index contributed by atoms with van der Waals surface area (Å²) in [6, 6.07) is 5.66. The van der Waals surface area contributed by atoms with Crippen molar-refractivity contribution in [2.45, 2.75) is 6.42 Å². The van der Waals surface area contributed by atoms with Crippen LogP contribution in [0.3, 0.4) is 0 Å². The van der Waals surface area contributed by atoms with Crippen LogP contribution in [0.1, 0.15) is 5.56 Å². The van der Waals surface area contributed by atoms with E-state index >= 15 is 0 Å². The summed E-state index contributed by atoms with van der Waals surface area (Å²) in [5.41, 5.74) is 0.782. The highest BCUT2D eigenvalue weighted by Crippen LogP contribution is 2.35. The van der Waals surface area contributed by atoms with Crippen LogP contribution in [0.25, 0.3) is 0 Å². The molecule has 4 heteroatoms. The average Bonchev–Trinajstić information content (AvgIpc) is 2.11. The fourth-order valence-electron chi connectivity index (χ4n) is 0.982. The molecule has 0 spiro atoms. The number of hydrogen-bond donors (Lipinski definition) is 0. The molecule has 0 aliphatic rings. The second-order valence-corrected chi connectivity index (χ2v) is 3.62. The molecule has 0 N–H and O–H groups in total. The second kappa shape index (κ2) is 4.50. The van der Waals surface area contributed by atoms with Crippen molar-refractivity contribution in [2.75, 3.05) is 7.11 Å². The number of rotatable bonds is 2. The number of nitriles is 1. The number of benzene rings is 1. The molecule has 0 saturated heterocycles. The molecule has 0 atom stereocenters. The highest BCUT2D eigenvalue weighted by atomic mass is 79.9. The molecule has 2 nitrogen and oxygen atoms in total. The van der Waals surface area contributed by atoms with E-state index in [0.29, 0.717) is 17.2 Å². The Morgan fingerprint density at radius 2 is 2.31 bits per heavy atom. The zero-order valence-electron chi connectivity index (χ0n) is 6.97. The first-order valence-electron chi connectivity index (χ1n) is 3.58. The third-order valence-electron chi connectivity index (χ3n) is 1.60. The number of ether oxygens (including phenoxy) is 1. The molecule has 0 aromatic heterocycles. The standard InChI is InChI=1S/C9H7BrClNO/c1-13-9-7(10)3-2-6(4-5-12)8(9)11/h2-3H,4H2,1H3. The van der Waals surface area contributed by atoms with Crippen LogP contribution in [0.2, 0.25) is 5.02 Å². The topological polar surface area (TPSA) is 33.0 Å². The van der Waals surface area contributed by atoms with Gasteiger partial charge in [-0.25, -0.2) is 0 Å². The Hall–Kier alpha value is -0.720. The normalized spacial score (nSPS) is 9.38. The Balaban J connectivity index is 3.21. The highest BCUT2D eigenvalue weighted by Gasteiger charge is 2.09. The quantitative estimate of drug-likeness (QED) is 0.818. The Morgan fingerprint density at radius 3 is 2.85 bits per heavy atom. The predicted molar refractivity (Wildman–Crippen MR) is 55.0 cm³/mol. The Kier molecular flexibility index (Phi) is 3.58. The molecule has 1 aromatic carbocycles. The van der Waals surface area contributed by atoms with Crippen molar-refractivity contribution in [3.05, 3.63) is 27.2 Å². The SMILES string of the molecule is COc1c(Br)ccc(CC#N)c1Cl. The Morgan fingerprint density at radius 1 is 1.62 bits per heavy atom. The van der Waals surface area contributed by atoms with E-state index in [-0.39, 0.29) is 0 Å². The van der Waals surface area contributed by atoms with Crippen LogP contribution < -0.4 is 4.74 Å². The molecule has 0 saturated carbocycles. The van der Waals surface area contributed by atoms with Crippen LogP contribution in [0, 0.1) is 11.3 Å². The first-order chi connectivity index (χ1) is 6.20. The van der Waals surface area contributed by atoms with E-state index in [9.17, 15) is 0 Å². The highest BCUT2D eigenvalue weighted by molar-refractivity contribution is 9.10. The van der Waals surface area contributed by atoms with Crippen LogP contribution in [0.4, 0.5) is 0 Å². The van der Waals surface area contributed by atoms with Gasteiger partial charge in [0.25, 0.3) is 0 Å². The maximum atomic E-state index is 8.52. The zero-order valence-corrected chi connectivity index (χ0v) is 9.32. The summed E-state index contributed by atoms with van der Waals surface area (Å²) in [6.45, 7) is 0. The van der Waals surface area contributed by atoms with Gasteiger partial charge in [0.15, 0.2) is 5.75 Å². The van der Waals surface area contributed by atoms with Crippen molar-refractivity contribution >= 4 is 27.5 Å². The van der Waals surface area contributed by atoms with Gasteiger partial charge in [-0.2, -0.15) is 5.26 Å². The summed E-state index contributed by atoms with van der Waals surface area (Å²) in [7, 11) is 1.54. The van der Waals surface area contributed by atoms with Crippen molar-refractivity contribution in [3.63, 3.8) is 0 Å². The van der Waals surface area contributed by atoms with Gasteiger partial charge in [0.2, 0.25) is 0 Å². The molecule has 13 heavy (non-hydrogen) atoms. The largest absolute Gasteiger partial charge is 0.494 e. The Labute approximate surface area is 90.2 Å². The van der Waals surface area contributed by atoms with Gasteiger partial charge in [-0.05, 0) is 27.6 Å². The number of halogens is 2. The summed E-state index contributed by atoms with van der Waals surface area (Å²) >= 11 is 9.29. The smallest absolute Gasteiger partial charge is 0.151 e. The number of methoxy groups -OCH3 is 1. The van der Waals surface area contributed by atoms with Gasteiger partial charge in [-0.3, -0.25) is 0 Å². The van der Waals surface area contributed by atoms with Gasteiger partial charge in [0, 0.05) is 0 Å². The number of nitrogens with zero attached hydrogens (tertiary/aromatic N) is 1. The summed E-state index contributed by atoms with van der Waals surface area (Å²) in [6.07, 6.45) is 0.294. The number of hydrogen-bond acceptors (Lipinski definition) is 2. The van der Waals surface area contributed by atoms with E-state index in [0.717, 1.165) is 10.0 Å². The molecular formula is C9H7BrClNO. The van der Waals surface area contributed by atoms with Crippen LogP contribution in [0.5, 0.6) is 5.75 Å². The lowest BCUT2D eigenvalue weighted by molar-refractivity contribution is 0.412. The van der Waals surface area contributed by atoms with Crippen LogP contribution in [-0.4, -0.2) is 7.11 Å². The summed E-state index contributed by atoms with van der Waals surface area (Å²) in [5.74, 6) is 0.578. The summed E-state index contributed by atoms with van der Waals surface area (Å²) in [4.78, 5) is 0. The van der Waals surface area contributed by atoms with Gasteiger partial charge in [0.1, 0.15) is 0 Å². The van der Waals surface area contributed by atoms with Crippen molar-refractivity contribution in [1.82, 2.24) is 0 Å². The van der Waals surface area contributed by atoms with Crippen LogP contribution in [0.15, 0.2) is 16.6 Å². The molecule has 0 radical (unpaired) electrons. The van der Waals surface area contributed by atoms with Crippen molar-refractivity contribution in [2.24, 2.45) is 0 Å². The fraction of sp³-hybridized carbons (Fsp3) is 0.222. The first-order valence-corrected chi connectivity index (χ1v) is 4.75. The van der Waals surface area contributed by atoms with E-state index < -0.39 is 0 Å². The lowest BCUT2D eigenvalue weighted by Gasteiger charge is -2.07. The molecule has 1 aromatic rings. The maximum absolute atomic E-state index is 8.52. The van der Waals surface area contributed by atoms with Crippen LogP contribution >= 0.6 is 27.5 Å². The van der Waals surface area contributed by atoms with E-state index in [2.05, 4.69) is 15.9 Å². The van der Waals surface area contributed by atoms with Gasteiger partial charge in [0.05, 0.1) is 29.1 Å².